The maximum atomic E-state index is 12.9. The Bertz CT molecular complexity index is 310. The molecule has 0 aliphatic heterocycles. The molecule has 13 heavy (non-hydrogen) atoms. The highest BCUT2D eigenvalue weighted by Gasteiger charge is 2.02. The van der Waals surface area contributed by atoms with Crippen LogP contribution in [0.5, 0.6) is 0 Å². The molecule has 70 valence electrons. The second-order valence-electron chi connectivity index (χ2n) is 3.21. The van der Waals surface area contributed by atoms with Gasteiger partial charge in [0.2, 0.25) is 0 Å². The molecule has 0 saturated carbocycles. The highest BCUT2D eigenvalue weighted by molar-refractivity contribution is 5.75. The minimum atomic E-state index is -0.461. The van der Waals surface area contributed by atoms with Gasteiger partial charge in [0.05, 0.1) is 5.56 Å². The van der Waals surface area contributed by atoms with Gasteiger partial charge in [-0.05, 0) is 31.8 Å². The van der Waals surface area contributed by atoms with Gasteiger partial charge < -0.3 is 4.90 Å². The first-order chi connectivity index (χ1) is 6.13. The van der Waals surface area contributed by atoms with E-state index in [0.29, 0.717) is 12.8 Å². The molecule has 0 radical (unpaired) electrons. The minimum Gasteiger partial charge on any atom is -0.305 e. The third-order valence-corrected chi connectivity index (χ3v) is 1.69. The third-order valence-electron chi connectivity index (χ3n) is 1.69. The van der Waals surface area contributed by atoms with Crippen LogP contribution in [0.2, 0.25) is 0 Å². The summed E-state index contributed by atoms with van der Waals surface area (Å²) in [4.78, 5) is 12.4. The molecular formula is C10H12FNO. The second-order valence-corrected chi connectivity index (χ2v) is 3.21. The van der Waals surface area contributed by atoms with Crippen LogP contribution in [-0.2, 0) is 6.54 Å². The van der Waals surface area contributed by atoms with Crippen LogP contribution in [0.3, 0.4) is 0 Å². The van der Waals surface area contributed by atoms with Gasteiger partial charge in [-0.2, -0.15) is 0 Å². The molecule has 0 aliphatic carbocycles. The SMILES string of the molecule is CN(C)Cc1ccc(F)c(C=O)c1. The Labute approximate surface area is 77.0 Å². The van der Waals surface area contributed by atoms with Crippen molar-refractivity contribution in [1.29, 1.82) is 0 Å². The minimum absolute atomic E-state index is 0.124. The van der Waals surface area contributed by atoms with E-state index in [2.05, 4.69) is 0 Å². The normalized spacial score (nSPS) is 10.5. The van der Waals surface area contributed by atoms with Crippen molar-refractivity contribution in [3.8, 4) is 0 Å². The van der Waals surface area contributed by atoms with Crippen molar-refractivity contribution < 1.29 is 9.18 Å². The Kier molecular flexibility index (Phi) is 3.14. The molecule has 0 spiro atoms. The fourth-order valence-electron chi connectivity index (χ4n) is 1.15. The van der Waals surface area contributed by atoms with Gasteiger partial charge in [0.1, 0.15) is 5.82 Å². The summed E-state index contributed by atoms with van der Waals surface area (Å²) in [6.07, 6.45) is 0.536. The quantitative estimate of drug-likeness (QED) is 0.661. The predicted octanol–water partition coefficient (Wildman–Crippen LogP) is 1.70. The predicted molar refractivity (Wildman–Crippen MR) is 49.2 cm³/mol. The summed E-state index contributed by atoms with van der Waals surface area (Å²) in [6.45, 7) is 0.709. The Morgan fingerprint density at radius 1 is 1.46 bits per heavy atom. The van der Waals surface area contributed by atoms with Gasteiger partial charge in [-0.15, -0.1) is 0 Å². The van der Waals surface area contributed by atoms with Crippen molar-refractivity contribution in [1.82, 2.24) is 4.90 Å². The first-order valence-corrected chi connectivity index (χ1v) is 4.02. The Morgan fingerprint density at radius 2 is 2.15 bits per heavy atom. The maximum absolute atomic E-state index is 12.9. The van der Waals surface area contributed by atoms with E-state index in [1.54, 1.807) is 12.1 Å². The van der Waals surface area contributed by atoms with Gasteiger partial charge >= 0.3 is 0 Å². The van der Waals surface area contributed by atoms with Crippen LogP contribution in [0, 0.1) is 5.82 Å². The number of benzene rings is 1. The highest BCUT2D eigenvalue weighted by Crippen LogP contribution is 2.09. The first kappa shape index (κ1) is 9.86. The van der Waals surface area contributed by atoms with E-state index in [-0.39, 0.29) is 5.56 Å². The van der Waals surface area contributed by atoms with E-state index >= 15 is 0 Å². The average Bonchev–Trinajstić information content (AvgIpc) is 2.07. The van der Waals surface area contributed by atoms with Gasteiger partial charge in [-0.25, -0.2) is 4.39 Å². The Hall–Kier alpha value is -1.22. The number of carbonyl (C=O) groups is 1. The standard InChI is InChI=1S/C10H12FNO/c1-12(2)6-8-3-4-10(11)9(5-8)7-13/h3-5,7H,6H2,1-2H3. The van der Waals surface area contributed by atoms with E-state index in [1.165, 1.54) is 6.07 Å². The van der Waals surface area contributed by atoms with Gasteiger partial charge in [0.15, 0.2) is 6.29 Å². The number of hydrogen-bond donors (Lipinski definition) is 0. The third kappa shape index (κ3) is 2.63. The lowest BCUT2D eigenvalue weighted by Crippen LogP contribution is -2.10. The summed E-state index contributed by atoms with van der Waals surface area (Å²) < 4.78 is 12.9. The summed E-state index contributed by atoms with van der Waals surface area (Å²) in [5.41, 5.74) is 1.06. The molecule has 0 saturated heterocycles. The molecule has 0 N–H and O–H groups in total. The molecule has 2 nitrogen and oxygen atoms in total. The zero-order chi connectivity index (χ0) is 9.84. The van der Waals surface area contributed by atoms with Gasteiger partial charge in [0, 0.05) is 6.54 Å². The monoisotopic (exact) mass is 181 g/mol. The summed E-state index contributed by atoms with van der Waals surface area (Å²) in [7, 11) is 3.84. The zero-order valence-electron chi connectivity index (χ0n) is 7.75. The average molecular weight is 181 g/mol. The van der Waals surface area contributed by atoms with E-state index < -0.39 is 5.82 Å². The fourth-order valence-corrected chi connectivity index (χ4v) is 1.15. The molecule has 0 atom stereocenters. The van der Waals surface area contributed by atoms with Crippen LogP contribution in [0.4, 0.5) is 4.39 Å². The van der Waals surface area contributed by atoms with Crippen LogP contribution in [0.15, 0.2) is 18.2 Å². The maximum Gasteiger partial charge on any atom is 0.153 e. The first-order valence-electron chi connectivity index (χ1n) is 4.02. The second kappa shape index (κ2) is 4.14. The molecule has 0 bridgehead atoms. The number of rotatable bonds is 3. The van der Waals surface area contributed by atoms with Crippen molar-refractivity contribution in [2.45, 2.75) is 6.54 Å². The number of hydrogen-bond acceptors (Lipinski definition) is 2. The molecule has 0 aliphatic rings. The smallest absolute Gasteiger partial charge is 0.153 e. The van der Waals surface area contributed by atoms with Crippen LogP contribution in [0.25, 0.3) is 0 Å². The lowest BCUT2D eigenvalue weighted by atomic mass is 10.1. The number of carbonyl (C=O) groups excluding carboxylic acids is 1. The summed E-state index contributed by atoms with van der Waals surface area (Å²) >= 11 is 0. The number of aldehydes is 1. The van der Waals surface area contributed by atoms with E-state index in [1.807, 2.05) is 19.0 Å². The molecule has 3 heteroatoms. The summed E-state index contributed by atoms with van der Waals surface area (Å²) in [5.74, 6) is -0.461. The van der Waals surface area contributed by atoms with Crippen LogP contribution < -0.4 is 0 Å². The van der Waals surface area contributed by atoms with Crippen LogP contribution >= 0.6 is 0 Å². The van der Waals surface area contributed by atoms with Crippen molar-refractivity contribution in [3.05, 3.63) is 35.1 Å². The zero-order valence-corrected chi connectivity index (χ0v) is 7.75. The lowest BCUT2D eigenvalue weighted by Gasteiger charge is -2.09. The van der Waals surface area contributed by atoms with Crippen LogP contribution in [-0.4, -0.2) is 25.3 Å². The lowest BCUT2D eigenvalue weighted by molar-refractivity contribution is 0.111. The van der Waals surface area contributed by atoms with Crippen molar-refractivity contribution in [2.75, 3.05) is 14.1 Å². The summed E-state index contributed by atoms with van der Waals surface area (Å²) in [6, 6.07) is 4.58. The van der Waals surface area contributed by atoms with Crippen LogP contribution in [0.1, 0.15) is 15.9 Å². The van der Waals surface area contributed by atoms with Crippen molar-refractivity contribution >= 4 is 6.29 Å². The fraction of sp³-hybridized carbons (Fsp3) is 0.300. The van der Waals surface area contributed by atoms with E-state index in [9.17, 15) is 9.18 Å². The van der Waals surface area contributed by atoms with Crippen molar-refractivity contribution in [2.24, 2.45) is 0 Å². The molecule has 1 aromatic carbocycles. The van der Waals surface area contributed by atoms with Gasteiger partial charge in [-0.3, -0.25) is 4.79 Å². The molecule has 0 heterocycles. The molecule has 0 fully saturated rings. The number of halogens is 1. The molecule has 0 unspecified atom stereocenters. The van der Waals surface area contributed by atoms with Crippen molar-refractivity contribution in [3.63, 3.8) is 0 Å². The summed E-state index contributed by atoms with van der Waals surface area (Å²) in [5, 5.41) is 0. The molecule has 0 amide bonds. The van der Waals surface area contributed by atoms with E-state index in [0.717, 1.165) is 5.56 Å². The highest BCUT2D eigenvalue weighted by atomic mass is 19.1. The van der Waals surface area contributed by atoms with Gasteiger partial charge in [0.25, 0.3) is 0 Å². The molecule has 1 aromatic rings. The van der Waals surface area contributed by atoms with Gasteiger partial charge in [-0.1, -0.05) is 6.07 Å². The number of nitrogens with zero attached hydrogens (tertiary/aromatic N) is 1. The van der Waals surface area contributed by atoms with E-state index in [4.69, 9.17) is 0 Å². The molecule has 0 aromatic heterocycles. The largest absolute Gasteiger partial charge is 0.305 e. The Balaban J connectivity index is 2.92. The molecular weight excluding hydrogens is 169 g/mol. The molecule has 1 rings (SSSR count). The topological polar surface area (TPSA) is 20.3 Å². The Morgan fingerprint density at radius 3 is 2.69 bits per heavy atom.